The second-order valence-corrected chi connectivity index (χ2v) is 5.09. The lowest BCUT2D eigenvalue weighted by atomic mass is 10.0. The molecule has 4 heteroatoms. The summed E-state index contributed by atoms with van der Waals surface area (Å²) < 4.78 is 5.11. The fraction of sp³-hybridized carbons (Fsp3) is 0.250. The van der Waals surface area contributed by atoms with Gasteiger partial charge in [0.25, 0.3) is 0 Å². The van der Waals surface area contributed by atoms with E-state index in [1.54, 1.807) is 19.2 Å². The van der Waals surface area contributed by atoms with Crippen LogP contribution in [0.1, 0.15) is 18.6 Å². The molecule has 3 nitrogen and oxygen atoms in total. The van der Waals surface area contributed by atoms with Crippen LogP contribution in [0.25, 0.3) is 0 Å². The smallest absolute Gasteiger partial charge is 0.119 e. The first-order valence-electron chi connectivity index (χ1n) is 6.44. The molecule has 2 rings (SSSR count). The number of halogens is 1. The van der Waals surface area contributed by atoms with Crippen molar-refractivity contribution in [1.82, 2.24) is 0 Å². The van der Waals surface area contributed by atoms with Crippen LogP contribution in [-0.2, 0) is 0 Å². The molecule has 0 amide bonds. The van der Waals surface area contributed by atoms with Crippen LogP contribution in [-0.4, -0.2) is 18.3 Å². The topological polar surface area (TPSA) is 41.5 Å². The van der Waals surface area contributed by atoms with Crippen LogP contribution >= 0.6 is 11.6 Å². The van der Waals surface area contributed by atoms with Gasteiger partial charge in [0.2, 0.25) is 0 Å². The number of aliphatic hydroxyl groups excluding tert-OH is 1. The third kappa shape index (κ3) is 3.65. The molecule has 0 saturated carbocycles. The first kappa shape index (κ1) is 14.7. The summed E-state index contributed by atoms with van der Waals surface area (Å²) in [5.74, 6) is 0.807. The molecule has 0 aliphatic rings. The molecule has 20 heavy (non-hydrogen) atoms. The van der Waals surface area contributed by atoms with Gasteiger partial charge in [-0.2, -0.15) is 0 Å². The van der Waals surface area contributed by atoms with Crippen LogP contribution in [0.2, 0.25) is 5.02 Å². The summed E-state index contributed by atoms with van der Waals surface area (Å²) in [6.45, 7) is 1.93. The number of ether oxygens (including phenoxy) is 1. The Bertz CT molecular complexity index is 539. The molecule has 0 fully saturated rings. The van der Waals surface area contributed by atoms with Gasteiger partial charge in [0.05, 0.1) is 19.3 Å². The van der Waals surface area contributed by atoms with E-state index in [1.807, 2.05) is 43.3 Å². The van der Waals surface area contributed by atoms with Crippen molar-refractivity contribution >= 4 is 17.3 Å². The SMILES string of the molecule is COc1ccc(NC(C)[C@H](O)c2ccc(Cl)cc2)cc1. The summed E-state index contributed by atoms with van der Waals surface area (Å²) in [6.07, 6.45) is -0.602. The molecule has 0 aliphatic carbocycles. The predicted octanol–water partition coefficient (Wildman–Crippen LogP) is 3.88. The average molecular weight is 292 g/mol. The van der Waals surface area contributed by atoms with E-state index in [0.717, 1.165) is 17.0 Å². The molecule has 0 aromatic heterocycles. The van der Waals surface area contributed by atoms with Crippen molar-refractivity contribution in [3.05, 3.63) is 59.1 Å². The number of aliphatic hydroxyl groups is 1. The highest BCUT2D eigenvalue weighted by Gasteiger charge is 2.16. The highest BCUT2D eigenvalue weighted by atomic mass is 35.5. The maximum absolute atomic E-state index is 10.3. The van der Waals surface area contributed by atoms with Crippen molar-refractivity contribution in [2.24, 2.45) is 0 Å². The highest BCUT2D eigenvalue weighted by Crippen LogP contribution is 2.23. The Hall–Kier alpha value is -1.71. The van der Waals surface area contributed by atoms with Crippen molar-refractivity contribution in [2.45, 2.75) is 19.1 Å². The molecule has 106 valence electrons. The molecule has 0 heterocycles. The van der Waals surface area contributed by atoms with Crippen molar-refractivity contribution in [2.75, 3.05) is 12.4 Å². The third-order valence-electron chi connectivity index (χ3n) is 3.17. The zero-order valence-electron chi connectivity index (χ0n) is 11.5. The van der Waals surface area contributed by atoms with E-state index < -0.39 is 6.10 Å². The molecule has 0 aliphatic heterocycles. The van der Waals surface area contributed by atoms with Crippen molar-refractivity contribution in [1.29, 1.82) is 0 Å². The van der Waals surface area contributed by atoms with Gasteiger partial charge in [-0.3, -0.25) is 0 Å². The quantitative estimate of drug-likeness (QED) is 0.878. The van der Waals surface area contributed by atoms with E-state index in [0.29, 0.717) is 5.02 Å². The van der Waals surface area contributed by atoms with Gasteiger partial charge in [0, 0.05) is 10.7 Å². The molecule has 1 unspecified atom stereocenters. The van der Waals surface area contributed by atoms with E-state index in [-0.39, 0.29) is 6.04 Å². The summed E-state index contributed by atoms with van der Waals surface area (Å²) in [5, 5.41) is 14.2. The standard InChI is InChI=1S/C16H18ClNO2/c1-11(16(19)12-3-5-13(17)6-4-12)18-14-7-9-15(20-2)10-8-14/h3-11,16,18-19H,1-2H3/t11?,16-/m0/s1. The average Bonchev–Trinajstić information content (AvgIpc) is 2.48. The predicted molar refractivity (Wildman–Crippen MR) is 82.5 cm³/mol. The van der Waals surface area contributed by atoms with Crippen molar-refractivity contribution in [3.63, 3.8) is 0 Å². The maximum Gasteiger partial charge on any atom is 0.119 e. The molecular weight excluding hydrogens is 274 g/mol. The molecule has 2 N–H and O–H groups in total. The van der Waals surface area contributed by atoms with Gasteiger partial charge in [0.1, 0.15) is 5.75 Å². The second kappa shape index (κ2) is 6.64. The number of hydrogen-bond donors (Lipinski definition) is 2. The molecule has 2 atom stereocenters. The van der Waals surface area contributed by atoms with Crippen LogP contribution in [0.15, 0.2) is 48.5 Å². The van der Waals surface area contributed by atoms with Crippen LogP contribution in [0.3, 0.4) is 0 Å². The monoisotopic (exact) mass is 291 g/mol. The fourth-order valence-electron chi connectivity index (χ4n) is 1.98. The van der Waals surface area contributed by atoms with Crippen molar-refractivity contribution in [3.8, 4) is 5.75 Å². The normalized spacial score (nSPS) is 13.6. The lowest BCUT2D eigenvalue weighted by molar-refractivity contribution is 0.161. The number of methoxy groups -OCH3 is 1. The van der Waals surface area contributed by atoms with Gasteiger partial charge < -0.3 is 15.2 Å². The molecule has 0 spiro atoms. The lowest BCUT2D eigenvalue weighted by Gasteiger charge is -2.22. The fourth-order valence-corrected chi connectivity index (χ4v) is 2.10. The Morgan fingerprint density at radius 1 is 1.05 bits per heavy atom. The number of rotatable bonds is 5. The van der Waals surface area contributed by atoms with Gasteiger partial charge in [-0.05, 0) is 48.9 Å². The molecule has 0 saturated heterocycles. The highest BCUT2D eigenvalue weighted by molar-refractivity contribution is 6.30. The lowest BCUT2D eigenvalue weighted by Crippen LogP contribution is -2.23. The number of anilines is 1. The van der Waals surface area contributed by atoms with Gasteiger partial charge in [-0.25, -0.2) is 0 Å². The Morgan fingerprint density at radius 3 is 2.20 bits per heavy atom. The summed E-state index contributed by atoms with van der Waals surface area (Å²) in [4.78, 5) is 0. The van der Waals surface area contributed by atoms with Crippen LogP contribution in [0, 0.1) is 0 Å². The molecule has 2 aromatic carbocycles. The Labute approximate surface area is 124 Å². The second-order valence-electron chi connectivity index (χ2n) is 4.66. The van der Waals surface area contributed by atoms with Crippen molar-refractivity contribution < 1.29 is 9.84 Å². The Morgan fingerprint density at radius 2 is 1.65 bits per heavy atom. The van der Waals surface area contributed by atoms with E-state index in [9.17, 15) is 5.11 Å². The molecule has 0 bridgehead atoms. The van der Waals surface area contributed by atoms with Gasteiger partial charge in [-0.1, -0.05) is 23.7 Å². The molecule has 0 radical (unpaired) electrons. The Balaban J connectivity index is 2.02. The van der Waals surface area contributed by atoms with Crippen LogP contribution in [0.5, 0.6) is 5.75 Å². The first-order valence-corrected chi connectivity index (χ1v) is 6.82. The summed E-state index contributed by atoms with van der Waals surface area (Å²) >= 11 is 5.85. The molecule has 2 aromatic rings. The van der Waals surface area contributed by atoms with Gasteiger partial charge >= 0.3 is 0 Å². The first-order chi connectivity index (χ1) is 9.60. The van der Waals surface area contributed by atoms with Gasteiger partial charge in [0.15, 0.2) is 0 Å². The Kier molecular flexibility index (Phi) is 4.88. The van der Waals surface area contributed by atoms with E-state index in [2.05, 4.69) is 5.32 Å². The number of hydrogen-bond acceptors (Lipinski definition) is 3. The minimum Gasteiger partial charge on any atom is -0.497 e. The van der Waals surface area contributed by atoms with E-state index in [4.69, 9.17) is 16.3 Å². The minimum absolute atomic E-state index is 0.121. The largest absolute Gasteiger partial charge is 0.497 e. The minimum atomic E-state index is -0.602. The third-order valence-corrected chi connectivity index (χ3v) is 3.42. The summed E-state index contributed by atoms with van der Waals surface area (Å²) in [5.41, 5.74) is 1.77. The van der Waals surface area contributed by atoms with Crippen LogP contribution in [0.4, 0.5) is 5.69 Å². The molecular formula is C16H18ClNO2. The maximum atomic E-state index is 10.3. The number of nitrogens with one attached hydrogen (secondary N) is 1. The summed E-state index contributed by atoms with van der Waals surface area (Å²) in [6, 6.07) is 14.7. The van der Waals surface area contributed by atoms with Gasteiger partial charge in [-0.15, -0.1) is 0 Å². The number of benzene rings is 2. The van der Waals surface area contributed by atoms with E-state index >= 15 is 0 Å². The summed E-state index contributed by atoms with van der Waals surface area (Å²) in [7, 11) is 1.63. The zero-order valence-corrected chi connectivity index (χ0v) is 12.3. The van der Waals surface area contributed by atoms with Crippen LogP contribution < -0.4 is 10.1 Å². The zero-order chi connectivity index (χ0) is 14.5. The van der Waals surface area contributed by atoms with E-state index in [1.165, 1.54) is 0 Å².